The topological polar surface area (TPSA) is 48.0 Å². The highest BCUT2D eigenvalue weighted by Crippen LogP contribution is 2.37. The van der Waals surface area contributed by atoms with Crippen molar-refractivity contribution in [2.24, 2.45) is 5.92 Å². The van der Waals surface area contributed by atoms with Gasteiger partial charge in [0.25, 0.3) is 0 Å². The number of fused-ring (bicyclic) bond motifs is 1. The van der Waals surface area contributed by atoms with Crippen molar-refractivity contribution < 1.29 is 19.0 Å². The van der Waals surface area contributed by atoms with Crippen LogP contribution in [0.4, 0.5) is 0 Å². The van der Waals surface area contributed by atoms with Crippen LogP contribution in [-0.2, 0) is 25.5 Å². The van der Waals surface area contributed by atoms with Crippen LogP contribution in [-0.4, -0.2) is 48.6 Å². The van der Waals surface area contributed by atoms with Crippen LogP contribution in [0.5, 0.6) is 0 Å². The Morgan fingerprint density at radius 3 is 2.71 bits per heavy atom. The molecular weight excluding hydrogens is 306 g/mol. The van der Waals surface area contributed by atoms with Gasteiger partial charge in [0.1, 0.15) is 6.10 Å². The van der Waals surface area contributed by atoms with Crippen molar-refractivity contribution in [1.82, 2.24) is 4.90 Å². The third kappa shape index (κ3) is 4.35. The minimum absolute atomic E-state index is 0.0693. The van der Waals surface area contributed by atoms with Crippen molar-refractivity contribution in [3.05, 3.63) is 35.9 Å². The molecule has 0 aromatic heterocycles. The summed E-state index contributed by atoms with van der Waals surface area (Å²) >= 11 is 0. The highest BCUT2D eigenvalue weighted by atomic mass is 16.8. The zero-order valence-corrected chi connectivity index (χ0v) is 14.7. The van der Waals surface area contributed by atoms with Crippen molar-refractivity contribution in [3.63, 3.8) is 0 Å². The molecule has 1 aromatic rings. The van der Waals surface area contributed by atoms with Crippen LogP contribution < -0.4 is 0 Å². The molecule has 0 saturated carbocycles. The third-order valence-electron chi connectivity index (χ3n) is 4.66. The predicted octanol–water partition coefficient (Wildman–Crippen LogP) is 2.59. The number of likely N-dealkylation sites (tertiary alicyclic amines) is 1. The van der Waals surface area contributed by atoms with E-state index in [2.05, 4.69) is 29.2 Å². The molecule has 2 fully saturated rings. The largest absolute Gasteiger partial charge is 0.466 e. The molecule has 0 N–H and O–H groups in total. The maximum Gasteiger partial charge on any atom is 0.302 e. The number of hydrogen-bond donors (Lipinski definition) is 0. The van der Waals surface area contributed by atoms with Gasteiger partial charge < -0.3 is 14.2 Å². The summed E-state index contributed by atoms with van der Waals surface area (Å²) in [4.78, 5) is 13.4. The van der Waals surface area contributed by atoms with Crippen LogP contribution in [0.15, 0.2) is 30.3 Å². The number of hydrogen-bond acceptors (Lipinski definition) is 5. The summed E-state index contributed by atoms with van der Waals surface area (Å²) in [5, 5.41) is 0. The number of carbonyl (C=O) groups is 1. The van der Waals surface area contributed by atoms with Crippen LogP contribution in [0.3, 0.4) is 0 Å². The van der Waals surface area contributed by atoms with Gasteiger partial charge in [-0.05, 0) is 25.8 Å². The molecule has 0 aliphatic carbocycles. The Morgan fingerprint density at radius 1 is 1.25 bits per heavy atom. The van der Waals surface area contributed by atoms with Crippen molar-refractivity contribution in [1.29, 1.82) is 0 Å². The van der Waals surface area contributed by atoms with Crippen molar-refractivity contribution >= 4 is 5.97 Å². The van der Waals surface area contributed by atoms with Crippen LogP contribution in [0, 0.1) is 5.92 Å². The van der Waals surface area contributed by atoms with Gasteiger partial charge in [0.15, 0.2) is 5.79 Å². The molecule has 0 unspecified atom stereocenters. The average Bonchev–Trinajstić information content (AvgIpc) is 2.82. The number of ether oxygens (including phenoxy) is 3. The second-order valence-electron chi connectivity index (χ2n) is 7.21. The van der Waals surface area contributed by atoms with Crippen molar-refractivity contribution in [3.8, 4) is 0 Å². The normalized spacial score (nSPS) is 29.2. The molecule has 0 bridgehead atoms. The lowest BCUT2D eigenvalue weighted by atomic mass is 9.90. The van der Waals surface area contributed by atoms with Gasteiger partial charge in [-0.2, -0.15) is 0 Å². The lowest BCUT2D eigenvalue weighted by molar-refractivity contribution is -0.150. The predicted molar refractivity (Wildman–Crippen MR) is 90.3 cm³/mol. The number of piperidine rings is 1. The van der Waals surface area contributed by atoms with Crippen molar-refractivity contribution in [2.75, 3.05) is 19.7 Å². The quantitative estimate of drug-likeness (QED) is 0.775. The first-order chi connectivity index (χ1) is 11.4. The molecule has 5 heteroatoms. The second kappa shape index (κ2) is 7.21. The molecule has 0 spiro atoms. The lowest BCUT2D eigenvalue weighted by Gasteiger charge is -2.39. The first-order valence-corrected chi connectivity index (χ1v) is 8.68. The fraction of sp³-hybridized carbons (Fsp3) is 0.632. The Morgan fingerprint density at radius 2 is 2.00 bits per heavy atom. The summed E-state index contributed by atoms with van der Waals surface area (Å²) < 4.78 is 17.4. The zero-order chi connectivity index (χ0) is 17.2. The summed E-state index contributed by atoms with van der Waals surface area (Å²) in [5.41, 5.74) is 1.30. The summed E-state index contributed by atoms with van der Waals surface area (Å²) in [7, 11) is 0. The van der Waals surface area contributed by atoms with E-state index in [0.29, 0.717) is 12.5 Å². The van der Waals surface area contributed by atoms with Crippen LogP contribution >= 0.6 is 0 Å². The van der Waals surface area contributed by atoms with E-state index in [4.69, 9.17) is 14.2 Å². The van der Waals surface area contributed by atoms with Gasteiger partial charge in [-0.1, -0.05) is 30.3 Å². The Kier molecular flexibility index (Phi) is 5.23. The Bertz CT molecular complexity index is 560. The number of nitrogens with zero attached hydrogens (tertiary/aromatic N) is 1. The summed E-state index contributed by atoms with van der Waals surface area (Å²) in [6.07, 6.45) is 0.938. The molecule has 3 atom stereocenters. The number of rotatable bonds is 5. The van der Waals surface area contributed by atoms with Gasteiger partial charge in [-0.25, -0.2) is 0 Å². The molecule has 24 heavy (non-hydrogen) atoms. The lowest BCUT2D eigenvalue weighted by Crippen LogP contribution is -2.51. The van der Waals surface area contributed by atoms with Crippen LogP contribution in [0.2, 0.25) is 0 Å². The van der Waals surface area contributed by atoms with Gasteiger partial charge in [-0.3, -0.25) is 9.69 Å². The Balaban J connectivity index is 1.66. The highest BCUT2D eigenvalue weighted by Gasteiger charge is 2.48. The van der Waals surface area contributed by atoms with Crippen molar-refractivity contribution in [2.45, 2.75) is 51.7 Å². The highest BCUT2D eigenvalue weighted by molar-refractivity contribution is 5.65. The fourth-order valence-electron chi connectivity index (χ4n) is 3.75. The first-order valence-electron chi connectivity index (χ1n) is 8.68. The SMILES string of the molecule is CC(=O)OCC[C@@H]1CN(Cc2ccccc2)C[C@H]2OC(C)(C)O[C@@H]12. The van der Waals surface area contributed by atoms with Gasteiger partial charge in [-0.15, -0.1) is 0 Å². The van der Waals surface area contributed by atoms with Gasteiger partial charge in [0.05, 0.1) is 12.7 Å². The van der Waals surface area contributed by atoms with Gasteiger partial charge in [0, 0.05) is 32.5 Å². The van der Waals surface area contributed by atoms with E-state index in [-0.39, 0.29) is 18.2 Å². The molecule has 2 aliphatic rings. The molecule has 2 aliphatic heterocycles. The number of benzene rings is 1. The monoisotopic (exact) mass is 333 g/mol. The number of carbonyl (C=O) groups excluding carboxylic acids is 1. The van der Waals surface area contributed by atoms with Gasteiger partial charge >= 0.3 is 5.97 Å². The van der Waals surface area contributed by atoms with E-state index in [1.807, 2.05) is 19.9 Å². The van der Waals surface area contributed by atoms with Crippen LogP contribution in [0.1, 0.15) is 32.8 Å². The molecule has 0 amide bonds. The molecule has 5 nitrogen and oxygen atoms in total. The maximum absolute atomic E-state index is 11.0. The van der Waals surface area contributed by atoms with E-state index in [9.17, 15) is 4.79 Å². The standard InChI is InChI=1S/C19H27NO4/c1-14(21)22-10-9-16-12-20(11-15-7-5-4-6-8-15)13-17-18(16)24-19(2,3)23-17/h4-8,16-18H,9-13H2,1-3H3/t16-,17-,18+/m1/s1. The van der Waals surface area contributed by atoms with E-state index in [0.717, 1.165) is 26.1 Å². The molecule has 0 radical (unpaired) electrons. The van der Waals surface area contributed by atoms with E-state index < -0.39 is 5.79 Å². The number of esters is 1. The smallest absolute Gasteiger partial charge is 0.302 e. The average molecular weight is 333 g/mol. The molecule has 132 valence electrons. The minimum Gasteiger partial charge on any atom is -0.466 e. The fourth-order valence-corrected chi connectivity index (χ4v) is 3.75. The molecule has 2 heterocycles. The maximum atomic E-state index is 11.0. The molecule has 2 saturated heterocycles. The molecule has 1 aromatic carbocycles. The van der Waals surface area contributed by atoms with E-state index >= 15 is 0 Å². The second-order valence-corrected chi connectivity index (χ2v) is 7.21. The summed E-state index contributed by atoms with van der Waals surface area (Å²) in [6, 6.07) is 10.5. The third-order valence-corrected chi connectivity index (χ3v) is 4.66. The summed E-state index contributed by atoms with van der Waals surface area (Å²) in [6.45, 7) is 8.52. The first kappa shape index (κ1) is 17.4. The Labute approximate surface area is 143 Å². The van der Waals surface area contributed by atoms with E-state index in [1.165, 1.54) is 12.5 Å². The summed E-state index contributed by atoms with van der Waals surface area (Å²) in [5.74, 6) is -0.473. The zero-order valence-electron chi connectivity index (χ0n) is 14.7. The molecule has 3 rings (SSSR count). The Hall–Kier alpha value is -1.43. The van der Waals surface area contributed by atoms with Crippen LogP contribution in [0.25, 0.3) is 0 Å². The van der Waals surface area contributed by atoms with Gasteiger partial charge in [0.2, 0.25) is 0 Å². The molecular formula is C19H27NO4. The van der Waals surface area contributed by atoms with E-state index in [1.54, 1.807) is 0 Å². The minimum atomic E-state index is -0.544.